The summed E-state index contributed by atoms with van der Waals surface area (Å²) in [4.78, 5) is 21.3. The summed E-state index contributed by atoms with van der Waals surface area (Å²) >= 11 is 1.65. The van der Waals surface area contributed by atoms with E-state index in [2.05, 4.69) is 25.2 Å². The van der Waals surface area contributed by atoms with E-state index in [9.17, 15) is 4.79 Å². The molecule has 0 saturated heterocycles. The van der Waals surface area contributed by atoms with Gasteiger partial charge >= 0.3 is 0 Å². The minimum atomic E-state index is -0.103. The van der Waals surface area contributed by atoms with Crippen molar-refractivity contribution in [1.29, 1.82) is 0 Å². The maximum atomic E-state index is 12.6. The first-order valence-electron chi connectivity index (χ1n) is 8.15. The Morgan fingerprint density at radius 1 is 1.42 bits per heavy atom. The highest BCUT2D eigenvalue weighted by Crippen LogP contribution is 2.19. The Bertz CT molecular complexity index is 653. The zero-order valence-electron chi connectivity index (χ0n) is 14.2. The van der Waals surface area contributed by atoms with Gasteiger partial charge in [-0.15, -0.1) is 11.3 Å². The van der Waals surface area contributed by atoms with Crippen LogP contribution in [0.1, 0.15) is 10.7 Å². The second-order valence-corrected chi connectivity index (χ2v) is 7.37. The van der Waals surface area contributed by atoms with Crippen LogP contribution in [0.15, 0.2) is 23.8 Å². The lowest BCUT2D eigenvalue weighted by molar-refractivity contribution is -0.126. The van der Waals surface area contributed by atoms with E-state index in [1.807, 2.05) is 42.6 Å². The lowest BCUT2D eigenvalue weighted by Gasteiger charge is -2.22. The highest BCUT2D eigenvalue weighted by atomic mass is 32.1. The van der Waals surface area contributed by atoms with Crippen molar-refractivity contribution in [1.82, 2.24) is 29.9 Å². The van der Waals surface area contributed by atoms with E-state index >= 15 is 0 Å². The molecule has 0 radical (unpaired) electrons. The SMILES string of the molecule is CN(C)CCNC(=O)[C@@H]1CN(Cc2nccs2)Cc2ccnn2C1. The molecule has 0 aromatic carbocycles. The van der Waals surface area contributed by atoms with Crippen LogP contribution in [-0.4, -0.2) is 64.2 Å². The van der Waals surface area contributed by atoms with Gasteiger partial charge in [-0.25, -0.2) is 4.98 Å². The third-order valence-electron chi connectivity index (χ3n) is 4.13. The molecule has 0 fully saturated rings. The van der Waals surface area contributed by atoms with E-state index in [1.165, 1.54) is 0 Å². The number of rotatable bonds is 6. The van der Waals surface area contributed by atoms with E-state index in [0.717, 1.165) is 36.9 Å². The number of nitrogens with one attached hydrogen (secondary N) is 1. The number of nitrogens with zero attached hydrogens (tertiary/aromatic N) is 5. The van der Waals surface area contributed by atoms with Crippen LogP contribution < -0.4 is 5.32 Å². The minimum Gasteiger partial charge on any atom is -0.354 e. The summed E-state index contributed by atoms with van der Waals surface area (Å²) < 4.78 is 1.96. The average Bonchev–Trinajstić information content (AvgIpc) is 3.16. The molecule has 1 aliphatic heterocycles. The summed E-state index contributed by atoms with van der Waals surface area (Å²) in [6, 6.07) is 2.03. The van der Waals surface area contributed by atoms with Crippen LogP contribution in [0.25, 0.3) is 0 Å². The van der Waals surface area contributed by atoms with E-state index in [4.69, 9.17) is 0 Å². The maximum Gasteiger partial charge on any atom is 0.226 e. The Kier molecular flexibility index (Phi) is 5.60. The molecular weight excluding hydrogens is 324 g/mol. The molecule has 1 atom stereocenters. The number of thiazole rings is 1. The summed E-state index contributed by atoms with van der Waals surface area (Å²) in [6.45, 7) is 4.42. The third kappa shape index (κ3) is 4.40. The monoisotopic (exact) mass is 348 g/mol. The summed E-state index contributed by atoms with van der Waals surface area (Å²) in [7, 11) is 4.01. The first kappa shape index (κ1) is 17.1. The molecule has 0 saturated carbocycles. The van der Waals surface area contributed by atoms with Crippen LogP contribution in [0.4, 0.5) is 0 Å². The maximum absolute atomic E-state index is 12.6. The predicted molar refractivity (Wildman–Crippen MR) is 93.5 cm³/mol. The zero-order chi connectivity index (χ0) is 16.9. The third-order valence-corrected chi connectivity index (χ3v) is 4.90. The number of carbonyl (C=O) groups excluding carboxylic acids is 1. The lowest BCUT2D eigenvalue weighted by Crippen LogP contribution is -2.41. The summed E-state index contributed by atoms with van der Waals surface area (Å²) in [5.41, 5.74) is 1.15. The molecule has 7 nitrogen and oxygen atoms in total. The van der Waals surface area contributed by atoms with E-state index in [1.54, 1.807) is 11.3 Å². The molecule has 1 amide bonds. The molecule has 1 N–H and O–H groups in total. The van der Waals surface area contributed by atoms with Gasteiger partial charge in [0.2, 0.25) is 5.91 Å². The molecule has 3 heterocycles. The Labute approximate surface area is 146 Å². The first-order chi connectivity index (χ1) is 11.6. The number of likely N-dealkylation sites (N-methyl/N-ethyl adjacent to an activating group) is 1. The normalized spacial score (nSPS) is 18.4. The Morgan fingerprint density at radius 3 is 3.04 bits per heavy atom. The van der Waals surface area contributed by atoms with E-state index < -0.39 is 0 Å². The van der Waals surface area contributed by atoms with Crippen LogP contribution in [0.3, 0.4) is 0 Å². The van der Waals surface area contributed by atoms with Gasteiger partial charge in [-0.1, -0.05) is 0 Å². The lowest BCUT2D eigenvalue weighted by atomic mass is 10.1. The van der Waals surface area contributed by atoms with E-state index in [-0.39, 0.29) is 11.8 Å². The summed E-state index contributed by atoms with van der Waals surface area (Å²) in [5.74, 6) is -0.00221. The van der Waals surface area contributed by atoms with Crippen molar-refractivity contribution in [2.24, 2.45) is 5.92 Å². The number of amides is 1. The highest BCUT2D eigenvalue weighted by Gasteiger charge is 2.27. The van der Waals surface area contributed by atoms with Gasteiger partial charge in [-0.3, -0.25) is 14.4 Å². The molecule has 0 spiro atoms. The van der Waals surface area contributed by atoms with Gasteiger partial charge in [0.1, 0.15) is 5.01 Å². The van der Waals surface area contributed by atoms with Crippen molar-refractivity contribution in [3.8, 4) is 0 Å². The standard InChI is InChI=1S/C16H24N6OS/c1-20(2)7-5-18-16(23)13-9-21(12-15-17-6-8-24-15)11-14-3-4-19-22(14)10-13/h3-4,6,8,13H,5,7,9-12H2,1-2H3,(H,18,23)/t13-/m1/s1. The van der Waals surface area contributed by atoms with Crippen molar-refractivity contribution in [2.45, 2.75) is 19.6 Å². The van der Waals surface area contributed by atoms with Gasteiger partial charge in [-0.2, -0.15) is 5.10 Å². The minimum absolute atomic E-state index is 0.101. The van der Waals surface area contributed by atoms with E-state index in [0.29, 0.717) is 13.1 Å². The molecule has 24 heavy (non-hydrogen) atoms. The smallest absolute Gasteiger partial charge is 0.226 e. The predicted octanol–water partition coefficient (Wildman–Crippen LogP) is 0.649. The largest absolute Gasteiger partial charge is 0.354 e. The molecule has 0 bridgehead atoms. The molecule has 130 valence electrons. The molecule has 2 aromatic heterocycles. The van der Waals surface area contributed by atoms with Crippen LogP contribution in [0.2, 0.25) is 0 Å². The molecule has 8 heteroatoms. The Morgan fingerprint density at radius 2 is 2.29 bits per heavy atom. The second kappa shape index (κ2) is 7.87. The molecule has 3 rings (SSSR count). The van der Waals surface area contributed by atoms with Crippen LogP contribution in [-0.2, 0) is 24.4 Å². The van der Waals surface area contributed by atoms with Crippen LogP contribution in [0.5, 0.6) is 0 Å². The number of fused-ring (bicyclic) bond motifs is 1. The van der Waals surface area contributed by atoms with Gasteiger partial charge in [0.15, 0.2) is 0 Å². The van der Waals surface area contributed by atoms with Crippen molar-refractivity contribution in [3.63, 3.8) is 0 Å². The highest BCUT2D eigenvalue weighted by molar-refractivity contribution is 7.09. The van der Waals surface area contributed by atoms with Gasteiger partial charge in [0.05, 0.1) is 24.7 Å². The summed E-state index contributed by atoms with van der Waals surface area (Å²) in [6.07, 6.45) is 3.64. The van der Waals surface area contributed by atoms with Gasteiger partial charge in [-0.05, 0) is 20.2 Å². The zero-order valence-corrected chi connectivity index (χ0v) is 15.0. The van der Waals surface area contributed by atoms with Crippen LogP contribution >= 0.6 is 11.3 Å². The van der Waals surface area contributed by atoms with Crippen LogP contribution in [0, 0.1) is 5.92 Å². The topological polar surface area (TPSA) is 66.3 Å². The molecule has 2 aromatic rings. The van der Waals surface area contributed by atoms with Gasteiger partial charge in [0, 0.05) is 44.0 Å². The average molecular weight is 348 g/mol. The van der Waals surface area contributed by atoms with Crippen molar-refractivity contribution in [3.05, 3.63) is 34.5 Å². The number of aromatic nitrogens is 3. The molecule has 0 unspecified atom stereocenters. The van der Waals surface area contributed by atoms with Gasteiger partial charge < -0.3 is 10.2 Å². The fourth-order valence-electron chi connectivity index (χ4n) is 2.89. The first-order valence-corrected chi connectivity index (χ1v) is 9.03. The quantitative estimate of drug-likeness (QED) is 0.830. The second-order valence-electron chi connectivity index (χ2n) is 6.39. The van der Waals surface area contributed by atoms with Crippen molar-refractivity contribution >= 4 is 17.2 Å². The summed E-state index contributed by atoms with van der Waals surface area (Å²) in [5, 5.41) is 10.5. The number of carbonyl (C=O) groups is 1. The Hall–Kier alpha value is -1.77. The van der Waals surface area contributed by atoms with Gasteiger partial charge in [0.25, 0.3) is 0 Å². The number of hydrogen-bond acceptors (Lipinski definition) is 6. The van der Waals surface area contributed by atoms with Crippen molar-refractivity contribution < 1.29 is 4.79 Å². The molecule has 1 aliphatic rings. The Balaban J connectivity index is 1.68. The fraction of sp³-hybridized carbons (Fsp3) is 0.562. The number of hydrogen-bond donors (Lipinski definition) is 1. The molecule has 0 aliphatic carbocycles. The van der Waals surface area contributed by atoms with Crippen molar-refractivity contribution in [2.75, 3.05) is 33.7 Å². The molecular formula is C16H24N6OS. The fourth-order valence-corrected chi connectivity index (χ4v) is 3.54.